The monoisotopic (exact) mass is 336 g/mol. The predicted octanol–water partition coefficient (Wildman–Crippen LogP) is 2.76. The maximum absolute atomic E-state index is 12.7. The van der Waals surface area contributed by atoms with E-state index in [9.17, 15) is 8.42 Å². The Bertz CT molecular complexity index is 549. The average Bonchev–Trinajstić information content (AvgIpc) is 2.66. The van der Waals surface area contributed by atoms with Crippen molar-refractivity contribution >= 4 is 33.2 Å². The third kappa shape index (κ3) is 3.28. The molecule has 0 amide bonds. The van der Waals surface area contributed by atoms with Crippen molar-refractivity contribution in [3.63, 3.8) is 0 Å². The van der Waals surface area contributed by atoms with Crippen molar-refractivity contribution in [2.75, 3.05) is 20.1 Å². The van der Waals surface area contributed by atoms with E-state index < -0.39 is 10.0 Å². The first-order valence-electron chi connectivity index (χ1n) is 6.57. The van der Waals surface area contributed by atoms with Gasteiger partial charge in [-0.25, -0.2) is 8.42 Å². The number of hydrogen-bond donors (Lipinski definition) is 1. The van der Waals surface area contributed by atoms with E-state index in [1.165, 1.54) is 4.31 Å². The number of benzene rings is 1. The quantitative estimate of drug-likeness (QED) is 0.923. The van der Waals surface area contributed by atoms with Crippen LogP contribution in [0.25, 0.3) is 0 Å². The van der Waals surface area contributed by atoms with Crippen molar-refractivity contribution in [1.82, 2.24) is 9.62 Å². The van der Waals surface area contributed by atoms with Gasteiger partial charge < -0.3 is 5.32 Å². The van der Waals surface area contributed by atoms with Crippen LogP contribution in [-0.2, 0) is 10.0 Å². The van der Waals surface area contributed by atoms with E-state index in [2.05, 4.69) is 5.32 Å². The highest BCUT2D eigenvalue weighted by atomic mass is 35.5. The molecular weight excluding hydrogens is 319 g/mol. The highest BCUT2D eigenvalue weighted by Gasteiger charge is 2.31. The number of rotatable bonds is 3. The zero-order chi connectivity index (χ0) is 14.8. The van der Waals surface area contributed by atoms with Gasteiger partial charge in [0.2, 0.25) is 10.0 Å². The van der Waals surface area contributed by atoms with Crippen LogP contribution in [-0.4, -0.2) is 38.9 Å². The van der Waals surface area contributed by atoms with Gasteiger partial charge in [0.25, 0.3) is 0 Å². The van der Waals surface area contributed by atoms with Crippen LogP contribution in [0.15, 0.2) is 23.1 Å². The third-order valence-electron chi connectivity index (χ3n) is 3.62. The van der Waals surface area contributed by atoms with Gasteiger partial charge in [0, 0.05) is 13.1 Å². The van der Waals surface area contributed by atoms with Crippen molar-refractivity contribution in [2.45, 2.75) is 30.2 Å². The van der Waals surface area contributed by atoms with E-state index in [-0.39, 0.29) is 21.0 Å². The van der Waals surface area contributed by atoms with E-state index in [1.54, 1.807) is 25.2 Å². The van der Waals surface area contributed by atoms with E-state index in [4.69, 9.17) is 23.2 Å². The van der Waals surface area contributed by atoms with Crippen LogP contribution in [0.4, 0.5) is 0 Å². The second kappa shape index (κ2) is 6.62. The molecule has 7 heteroatoms. The summed E-state index contributed by atoms with van der Waals surface area (Å²) in [6, 6.07) is 4.70. The standard InChI is InChI=1S/C13H18Cl2N2O2S/c1-17(10-4-3-8-16-9-7-10)20(18,19)13-11(14)5-2-6-12(13)15/h2,5-6,10,16H,3-4,7-9H2,1H3. The molecule has 0 radical (unpaired) electrons. The molecule has 1 fully saturated rings. The van der Waals surface area contributed by atoms with Gasteiger partial charge in [-0.15, -0.1) is 0 Å². The summed E-state index contributed by atoms with van der Waals surface area (Å²) in [5, 5.41) is 3.60. The molecule has 20 heavy (non-hydrogen) atoms. The molecule has 1 atom stereocenters. The van der Waals surface area contributed by atoms with Crippen molar-refractivity contribution in [2.24, 2.45) is 0 Å². The molecule has 0 spiro atoms. The summed E-state index contributed by atoms with van der Waals surface area (Å²) < 4.78 is 26.9. The van der Waals surface area contributed by atoms with Gasteiger partial charge in [-0.05, 0) is 44.5 Å². The lowest BCUT2D eigenvalue weighted by Crippen LogP contribution is -2.37. The van der Waals surface area contributed by atoms with Gasteiger partial charge in [0.15, 0.2) is 0 Å². The SMILES string of the molecule is CN(C1CCCNCC1)S(=O)(=O)c1c(Cl)cccc1Cl. The normalized spacial score (nSPS) is 20.9. The summed E-state index contributed by atoms with van der Waals surface area (Å²) in [7, 11) is -2.07. The lowest BCUT2D eigenvalue weighted by atomic mass is 10.1. The van der Waals surface area contributed by atoms with Gasteiger partial charge >= 0.3 is 0 Å². The van der Waals surface area contributed by atoms with E-state index >= 15 is 0 Å². The predicted molar refractivity (Wildman–Crippen MR) is 81.9 cm³/mol. The summed E-state index contributed by atoms with van der Waals surface area (Å²) in [5.41, 5.74) is 0. The minimum atomic E-state index is -3.67. The number of halogens is 2. The van der Waals surface area contributed by atoms with Crippen LogP contribution in [0, 0.1) is 0 Å². The molecule has 0 saturated carbocycles. The zero-order valence-corrected chi connectivity index (χ0v) is 13.6. The molecule has 112 valence electrons. The Morgan fingerprint density at radius 1 is 1.20 bits per heavy atom. The summed E-state index contributed by atoms with van der Waals surface area (Å²) in [6.07, 6.45) is 2.59. The van der Waals surface area contributed by atoms with Crippen molar-refractivity contribution in [3.8, 4) is 0 Å². The van der Waals surface area contributed by atoms with Crippen LogP contribution in [0.2, 0.25) is 10.0 Å². The molecule has 1 aromatic rings. The smallest absolute Gasteiger partial charge is 0.246 e. The first-order chi connectivity index (χ1) is 9.44. The van der Waals surface area contributed by atoms with Gasteiger partial charge in [0.1, 0.15) is 4.90 Å². The van der Waals surface area contributed by atoms with E-state index in [1.807, 2.05) is 0 Å². The van der Waals surface area contributed by atoms with Crippen LogP contribution in [0.3, 0.4) is 0 Å². The summed E-state index contributed by atoms with van der Waals surface area (Å²) in [4.78, 5) is 0.00281. The van der Waals surface area contributed by atoms with Gasteiger partial charge in [0.05, 0.1) is 10.0 Å². The average molecular weight is 337 g/mol. The summed E-state index contributed by atoms with van der Waals surface area (Å²) in [6.45, 7) is 1.75. The second-order valence-corrected chi connectivity index (χ2v) is 7.66. The highest BCUT2D eigenvalue weighted by Crippen LogP contribution is 2.32. The molecule has 1 N–H and O–H groups in total. The molecule has 0 bridgehead atoms. The fourth-order valence-corrected chi connectivity index (χ4v) is 4.94. The number of hydrogen-bond acceptors (Lipinski definition) is 3. The fraction of sp³-hybridized carbons (Fsp3) is 0.538. The molecule has 1 saturated heterocycles. The zero-order valence-electron chi connectivity index (χ0n) is 11.3. The Balaban J connectivity index is 2.34. The van der Waals surface area contributed by atoms with Crippen molar-refractivity contribution in [1.29, 1.82) is 0 Å². The Kier molecular flexibility index (Phi) is 5.31. The minimum Gasteiger partial charge on any atom is -0.317 e. The molecule has 4 nitrogen and oxygen atoms in total. The molecule has 1 heterocycles. The topological polar surface area (TPSA) is 49.4 Å². The van der Waals surface area contributed by atoms with E-state index in [0.717, 1.165) is 32.4 Å². The number of sulfonamides is 1. The highest BCUT2D eigenvalue weighted by molar-refractivity contribution is 7.89. The molecule has 0 aromatic heterocycles. The molecule has 1 aliphatic heterocycles. The molecule has 1 unspecified atom stereocenters. The van der Waals surface area contributed by atoms with Crippen LogP contribution in [0.1, 0.15) is 19.3 Å². The van der Waals surface area contributed by atoms with Crippen molar-refractivity contribution < 1.29 is 8.42 Å². The number of nitrogens with one attached hydrogen (secondary N) is 1. The summed E-state index contributed by atoms with van der Waals surface area (Å²) in [5.74, 6) is 0. The van der Waals surface area contributed by atoms with Gasteiger partial charge in [-0.2, -0.15) is 4.31 Å². The first-order valence-corrected chi connectivity index (χ1v) is 8.77. The minimum absolute atomic E-state index is 0.00281. The maximum atomic E-state index is 12.7. The van der Waals surface area contributed by atoms with E-state index in [0.29, 0.717) is 0 Å². The maximum Gasteiger partial charge on any atom is 0.246 e. The van der Waals surface area contributed by atoms with Crippen LogP contribution >= 0.6 is 23.2 Å². The Hall–Kier alpha value is -0.330. The molecule has 1 aliphatic rings. The Morgan fingerprint density at radius 2 is 1.85 bits per heavy atom. The molecule has 0 aliphatic carbocycles. The third-order valence-corrected chi connectivity index (χ3v) is 6.48. The van der Waals surface area contributed by atoms with Crippen molar-refractivity contribution in [3.05, 3.63) is 28.2 Å². The Labute approximate surface area is 130 Å². The first kappa shape index (κ1) is 16.0. The summed E-state index contributed by atoms with van der Waals surface area (Å²) >= 11 is 12.1. The molecular formula is C13H18Cl2N2O2S. The van der Waals surface area contributed by atoms with Gasteiger partial charge in [-0.1, -0.05) is 29.3 Å². The largest absolute Gasteiger partial charge is 0.317 e. The van der Waals surface area contributed by atoms with Crippen LogP contribution < -0.4 is 5.32 Å². The lowest BCUT2D eigenvalue weighted by Gasteiger charge is -2.27. The van der Waals surface area contributed by atoms with Gasteiger partial charge in [-0.3, -0.25) is 0 Å². The Morgan fingerprint density at radius 3 is 2.50 bits per heavy atom. The molecule has 2 rings (SSSR count). The number of nitrogens with zero attached hydrogens (tertiary/aromatic N) is 1. The van der Waals surface area contributed by atoms with Crippen LogP contribution in [0.5, 0.6) is 0 Å². The second-order valence-electron chi connectivity index (χ2n) is 4.91. The lowest BCUT2D eigenvalue weighted by molar-refractivity contribution is 0.341. The fourth-order valence-electron chi connectivity index (χ4n) is 2.43. The molecule has 1 aromatic carbocycles.